The van der Waals surface area contributed by atoms with E-state index in [4.69, 9.17) is 5.73 Å². The number of hydrogen-bond acceptors (Lipinski definition) is 3. The molecule has 0 saturated carbocycles. The van der Waals surface area contributed by atoms with Gasteiger partial charge in [-0.05, 0) is 30.3 Å². The average Bonchev–Trinajstić information content (AvgIpc) is 2.84. The minimum atomic E-state index is -0.268. The average molecular weight is 275 g/mol. The fourth-order valence-electron chi connectivity index (χ4n) is 2.48. The summed E-state index contributed by atoms with van der Waals surface area (Å²) in [7, 11) is 0. The van der Waals surface area contributed by atoms with Crippen molar-refractivity contribution in [3.63, 3.8) is 0 Å². The Morgan fingerprint density at radius 2 is 1.95 bits per heavy atom. The maximum atomic E-state index is 12.3. The summed E-state index contributed by atoms with van der Waals surface area (Å²) in [6.45, 7) is 0. The van der Waals surface area contributed by atoms with Gasteiger partial charge in [0, 0.05) is 10.9 Å². The number of anilines is 1. The standard InChI is InChI=1S/C16H11N4O/c17-13-9-5-1-2-6-10(9)18-14(13)15-16(21)20-12-8-4-3-7-11(12)19-15/h2-8,18H,17H2,(H,20,21). The summed E-state index contributed by atoms with van der Waals surface area (Å²) >= 11 is 0. The zero-order valence-corrected chi connectivity index (χ0v) is 11.0. The van der Waals surface area contributed by atoms with E-state index in [2.05, 4.69) is 21.0 Å². The van der Waals surface area contributed by atoms with Crippen molar-refractivity contribution in [2.75, 3.05) is 5.73 Å². The molecule has 5 heteroatoms. The third-order valence-corrected chi connectivity index (χ3v) is 3.52. The summed E-state index contributed by atoms with van der Waals surface area (Å²) in [5.41, 5.74) is 9.49. The van der Waals surface area contributed by atoms with Gasteiger partial charge in [-0.3, -0.25) is 4.79 Å². The Hall–Kier alpha value is -3.08. The zero-order chi connectivity index (χ0) is 14.4. The molecule has 0 aliphatic carbocycles. The van der Waals surface area contributed by atoms with Crippen molar-refractivity contribution in [1.29, 1.82) is 0 Å². The van der Waals surface area contributed by atoms with E-state index in [0.29, 0.717) is 22.6 Å². The van der Waals surface area contributed by atoms with E-state index in [1.54, 1.807) is 12.1 Å². The summed E-state index contributed by atoms with van der Waals surface area (Å²) < 4.78 is 0. The molecule has 0 unspecified atom stereocenters. The van der Waals surface area contributed by atoms with Gasteiger partial charge in [0.05, 0.1) is 22.4 Å². The molecular formula is C16H11N4O. The Kier molecular flexibility index (Phi) is 2.35. The van der Waals surface area contributed by atoms with Gasteiger partial charge in [-0.25, -0.2) is 4.98 Å². The van der Waals surface area contributed by atoms with Gasteiger partial charge in [-0.2, -0.15) is 0 Å². The highest BCUT2D eigenvalue weighted by Crippen LogP contribution is 2.30. The highest BCUT2D eigenvalue weighted by Gasteiger charge is 2.15. The molecule has 2 aromatic carbocycles. The number of fused-ring (bicyclic) bond motifs is 2. The summed E-state index contributed by atoms with van der Waals surface area (Å²) in [5.74, 6) is 0. The number of benzene rings is 2. The molecule has 2 aromatic heterocycles. The number of rotatable bonds is 1. The number of nitrogens with one attached hydrogen (secondary N) is 2. The maximum Gasteiger partial charge on any atom is 0.276 e. The summed E-state index contributed by atoms with van der Waals surface area (Å²) in [4.78, 5) is 22.7. The van der Waals surface area contributed by atoms with Crippen LogP contribution >= 0.6 is 0 Å². The SMILES string of the molecule is Nc1c(-c2nc3ccccc3[nH]c2=O)[nH]c2cc[c]cc12. The number of nitrogen functional groups attached to an aromatic ring is 1. The van der Waals surface area contributed by atoms with Crippen LogP contribution in [0.5, 0.6) is 0 Å². The van der Waals surface area contributed by atoms with Crippen LogP contribution in [0.1, 0.15) is 0 Å². The molecule has 101 valence electrons. The van der Waals surface area contributed by atoms with Gasteiger partial charge in [0.2, 0.25) is 0 Å². The molecule has 0 aliphatic rings. The number of H-pyrrole nitrogens is 2. The van der Waals surface area contributed by atoms with Crippen LogP contribution < -0.4 is 11.3 Å². The van der Waals surface area contributed by atoms with Crippen LogP contribution in [0.4, 0.5) is 5.69 Å². The predicted molar refractivity (Wildman–Crippen MR) is 82.9 cm³/mol. The quantitative estimate of drug-likeness (QED) is 0.498. The molecule has 1 radical (unpaired) electrons. The molecule has 5 nitrogen and oxygen atoms in total. The molecular weight excluding hydrogens is 264 g/mol. The van der Waals surface area contributed by atoms with Crippen molar-refractivity contribution in [3.05, 3.63) is 58.9 Å². The van der Waals surface area contributed by atoms with E-state index in [1.165, 1.54) is 0 Å². The summed E-state index contributed by atoms with van der Waals surface area (Å²) in [6, 6.07) is 15.8. The molecule has 0 amide bonds. The van der Waals surface area contributed by atoms with Crippen LogP contribution in [0.3, 0.4) is 0 Å². The number of nitrogens with two attached hydrogens (primary N) is 1. The second-order valence-corrected chi connectivity index (χ2v) is 4.82. The topological polar surface area (TPSA) is 87.6 Å². The van der Waals surface area contributed by atoms with Gasteiger partial charge in [0.25, 0.3) is 5.56 Å². The van der Waals surface area contributed by atoms with Gasteiger partial charge in [-0.1, -0.05) is 18.2 Å². The third kappa shape index (κ3) is 1.71. The van der Waals surface area contributed by atoms with E-state index < -0.39 is 0 Å². The fraction of sp³-hybridized carbons (Fsp3) is 0. The van der Waals surface area contributed by atoms with Crippen LogP contribution in [0.25, 0.3) is 33.3 Å². The highest BCUT2D eigenvalue weighted by molar-refractivity contribution is 5.99. The number of nitrogens with zero attached hydrogens (tertiary/aromatic N) is 1. The Bertz CT molecular complexity index is 1030. The smallest absolute Gasteiger partial charge is 0.276 e. The first kappa shape index (κ1) is 11.7. The van der Waals surface area contributed by atoms with Crippen molar-refractivity contribution >= 4 is 27.6 Å². The Morgan fingerprint density at radius 3 is 2.81 bits per heavy atom. The highest BCUT2D eigenvalue weighted by atomic mass is 16.1. The first-order chi connectivity index (χ1) is 10.2. The lowest BCUT2D eigenvalue weighted by Gasteiger charge is -2.01. The van der Waals surface area contributed by atoms with Crippen molar-refractivity contribution in [2.24, 2.45) is 0 Å². The van der Waals surface area contributed by atoms with Gasteiger partial charge in [-0.15, -0.1) is 0 Å². The molecule has 4 aromatic rings. The lowest BCUT2D eigenvalue weighted by molar-refractivity contribution is 1.20. The third-order valence-electron chi connectivity index (χ3n) is 3.52. The van der Waals surface area contributed by atoms with Gasteiger partial charge in [0.15, 0.2) is 5.69 Å². The Balaban J connectivity index is 2.06. The van der Waals surface area contributed by atoms with E-state index in [-0.39, 0.29) is 5.56 Å². The monoisotopic (exact) mass is 275 g/mol. The van der Waals surface area contributed by atoms with E-state index in [9.17, 15) is 4.79 Å². The number of aromatic amines is 2. The maximum absolute atomic E-state index is 12.3. The minimum Gasteiger partial charge on any atom is -0.396 e. The van der Waals surface area contributed by atoms with E-state index in [1.807, 2.05) is 30.3 Å². The lowest BCUT2D eigenvalue weighted by atomic mass is 10.2. The zero-order valence-electron chi connectivity index (χ0n) is 11.0. The van der Waals surface area contributed by atoms with E-state index in [0.717, 1.165) is 16.4 Å². The predicted octanol–water partition coefficient (Wildman–Crippen LogP) is 2.45. The van der Waals surface area contributed by atoms with E-state index >= 15 is 0 Å². The normalized spacial score (nSPS) is 11.2. The van der Waals surface area contributed by atoms with Crippen molar-refractivity contribution in [3.8, 4) is 11.4 Å². The molecule has 2 heterocycles. The van der Waals surface area contributed by atoms with Crippen LogP contribution in [0, 0.1) is 6.07 Å². The summed E-state index contributed by atoms with van der Waals surface area (Å²) in [5, 5.41) is 0.835. The van der Waals surface area contributed by atoms with Gasteiger partial charge >= 0.3 is 0 Å². The second-order valence-electron chi connectivity index (χ2n) is 4.82. The van der Waals surface area contributed by atoms with Gasteiger partial charge < -0.3 is 15.7 Å². The van der Waals surface area contributed by atoms with Crippen molar-refractivity contribution < 1.29 is 0 Å². The van der Waals surface area contributed by atoms with Crippen molar-refractivity contribution in [1.82, 2.24) is 15.0 Å². The van der Waals surface area contributed by atoms with Crippen LogP contribution in [0.2, 0.25) is 0 Å². The molecule has 0 spiro atoms. The molecule has 0 aliphatic heterocycles. The first-order valence-corrected chi connectivity index (χ1v) is 6.51. The number of para-hydroxylation sites is 2. The van der Waals surface area contributed by atoms with Crippen LogP contribution in [0.15, 0.2) is 47.3 Å². The number of hydrogen-bond donors (Lipinski definition) is 3. The Labute approximate surface area is 119 Å². The summed E-state index contributed by atoms with van der Waals surface area (Å²) in [6.07, 6.45) is 0. The van der Waals surface area contributed by atoms with Crippen LogP contribution in [-0.2, 0) is 0 Å². The fourth-order valence-corrected chi connectivity index (χ4v) is 2.48. The largest absolute Gasteiger partial charge is 0.396 e. The Morgan fingerprint density at radius 1 is 1.10 bits per heavy atom. The molecule has 4 rings (SSSR count). The lowest BCUT2D eigenvalue weighted by Crippen LogP contribution is -2.12. The minimum absolute atomic E-state index is 0.268. The first-order valence-electron chi connectivity index (χ1n) is 6.51. The molecule has 0 fully saturated rings. The molecule has 0 atom stereocenters. The second kappa shape index (κ2) is 4.21. The molecule has 0 bridgehead atoms. The molecule has 4 N–H and O–H groups in total. The molecule has 21 heavy (non-hydrogen) atoms. The van der Waals surface area contributed by atoms with Crippen LogP contribution in [-0.4, -0.2) is 15.0 Å². The van der Waals surface area contributed by atoms with Crippen molar-refractivity contribution in [2.45, 2.75) is 0 Å². The number of aromatic nitrogens is 3. The van der Waals surface area contributed by atoms with Gasteiger partial charge in [0.1, 0.15) is 0 Å². The molecule has 0 saturated heterocycles.